The summed E-state index contributed by atoms with van der Waals surface area (Å²) in [5, 5.41) is 9.23. The molecule has 0 N–H and O–H groups in total. The molecule has 0 bridgehead atoms. The van der Waals surface area contributed by atoms with E-state index in [1.54, 1.807) is 25.1 Å². The summed E-state index contributed by atoms with van der Waals surface area (Å²) >= 11 is 0. The third kappa shape index (κ3) is 4.73. The van der Waals surface area contributed by atoms with Crippen molar-refractivity contribution in [3.8, 4) is 17.6 Å². The molecule has 0 radical (unpaired) electrons. The second kappa shape index (κ2) is 9.87. The Hall–Kier alpha value is -2.65. The second-order valence-corrected chi connectivity index (χ2v) is 10.7. The quantitative estimate of drug-likeness (QED) is 0.569. The lowest BCUT2D eigenvalue weighted by Gasteiger charge is -2.33. The van der Waals surface area contributed by atoms with Crippen LogP contribution in [0.25, 0.3) is 0 Å². The molecule has 1 saturated heterocycles. The van der Waals surface area contributed by atoms with Crippen molar-refractivity contribution in [2.75, 3.05) is 39.4 Å². The summed E-state index contributed by atoms with van der Waals surface area (Å²) < 4.78 is 65.8. The maximum atomic E-state index is 13.2. The Bertz CT molecular complexity index is 1210. The predicted molar refractivity (Wildman–Crippen MR) is 117 cm³/mol. The molecule has 9 nitrogen and oxygen atoms in total. The molecule has 1 aliphatic rings. The predicted octanol–water partition coefficient (Wildman–Crippen LogP) is 2.05. The largest absolute Gasteiger partial charge is 0.490 e. The van der Waals surface area contributed by atoms with Gasteiger partial charge in [0, 0.05) is 32.2 Å². The Morgan fingerprint density at radius 2 is 1.41 bits per heavy atom. The van der Waals surface area contributed by atoms with E-state index in [0.29, 0.717) is 24.7 Å². The van der Waals surface area contributed by atoms with Crippen molar-refractivity contribution >= 4 is 20.0 Å². The van der Waals surface area contributed by atoms with E-state index >= 15 is 0 Å². The summed E-state index contributed by atoms with van der Waals surface area (Å²) in [6.45, 7) is 4.33. The van der Waals surface area contributed by atoms with E-state index in [4.69, 9.17) is 9.47 Å². The lowest BCUT2D eigenvalue weighted by Crippen LogP contribution is -2.50. The highest BCUT2D eigenvalue weighted by atomic mass is 32.2. The zero-order chi connectivity index (χ0) is 23.4. The van der Waals surface area contributed by atoms with E-state index in [9.17, 15) is 22.1 Å². The van der Waals surface area contributed by atoms with Gasteiger partial charge in [0.15, 0.2) is 11.5 Å². The van der Waals surface area contributed by atoms with Crippen molar-refractivity contribution < 1.29 is 26.3 Å². The fourth-order valence-corrected chi connectivity index (χ4v) is 6.42. The van der Waals surface area contributed by atoms with Crippen LogP contribution in [0.5, 0.6) is 11.5 Å². The molecule has 2 aromatic rings. The van der Waals surface area contributed by atoms with Gasteiger partial charge in [-0.1, -0.05) is 12.1 Å². The topological polar surface area (TPSA) is 117 Å². The fourth-order valence-electron chi connectivity index (χ4n) is 3.41. The van der Waals surface area contributed by atoms with Crippen LogP contribution in [0.4, 0.5) is 0 Å². The number of ether oxygens (including phenoxy) is 2. The SMILES string of the molecule is CCOc1ccc(S(=O)(=O)N2CCN(S(=O)(=O)c3ccccc3C#N)CC2)cc1OCC. The number of rotatable bonds is 8. The molecule has 1 aliphatic heterocycles. The number of nitrogens with zero attached hydrogens (tertiary/aromatic N) is 3. The van der Waals surface area contributed by atoms with Crippen LogP contribution < -0.4 is 9.47 Å². The molecule has 0 aliphatic carbocycles. The number of hydrogen-bond donors (Lipinski definition) is 0. The van der Waals surface area contributed by atoms with Crippen molar-refractivity contribution in [3.63, 3.8) is 0 Å². The van der Waals surface area contributed by atoms with Crippen LogP contribution in [-0.2, 0) is 20.0 Å². The van der Waals surface area contributed by atoms with Gasteiger partial charge in [-0.05, 0) is 38.1 Å². The molecule has 32 heavy (non-hydrogen) atoms. The van der Waals surface area contributed by atoms with E-state index in [1.807, 2.05) is 13.0 Å². The zero-order valence-corrected chi connectivity index (χ0v) is 19.5. The van der Waals surface area contributed by atoms with Crippen LogP contribution in [0.3, 0.4) is 0 Å². The molecule has 0 atom stereocenters. The number of benzene rings is 2. The van der Waals surface area contributed by atoms with Gasteiger partial charge in [-0.25, -0.2) is 16.8 Å². The monoisotopic (exact) mass is 479 g/mol. The van der Waals surface area contributed by atoms with Gasteiger partial charge < -0.3 is 9.47 Å². The minimum atomic E-state index is -3.91. The Kier molecular flexibility index (Phi) is 7.40. The van der Waals surface area contributed by atoms with E-state index in [2.05, 4.69) is 0 Å². The molecule has 0 amide bonds. The molecule has 11 heteroatoms. The van der Waals surface area contributed by atoms with Crippen molar-refractivity contribution in [1.82, 2.24) is 8.61 Å². The zero-order valence-electron chi connectivity index (χ0n) is 17.9. The second-order valence-electron chi connectivity index (χ2n) is 6.89. The molecule has 172 valence electrons. The van der Waals surface area contributed by atoms with Gasteiger partial charge in [-0.2, -0.15) is 13.9 Å². The highest BCUT2D eigenvalue weighted by molar-refractivity contribution is 7.89. The molecule has 0 saturated carbocycles. The van der Waals surface area contributed by atoms with Crippen LogP contribution in [-0.4, -0.2) is 64.8 Å². The average Bonchev–Trinajstić information content (AvgIpc) is 2.80. The van der Waals surface area contributed by atoms with Gasteiger partial charge in [0.05, 0.1) is 28.6 Å². The minimum Gasteiger partial charge on any atom is -0.490 e. The third-order valence-corrected chi connectivity index (χ3v) is 8.83. The molecular weight excluding hydrogens is 454 g/mol. The number of hydrogen-bond acceptors (Lipinski definition) is 7. The average molecular weight is 480 g/mol. The molecule has 0 unspecified atom stereocenters. The highest BCUT2D eigenvalue weighted by Gasteiger charge is 2.35. The van der Waals surface area contributed by atoms with E-state index in [0.717, 1.165) is 0 Å². The summed E-state index contributed by atoms with van der Waals surface area (Å²) in [5.74, 6) is 0.796. The highest BCUT2D eigenvalue weighted by Crippen LogP contribution is 2.32. The smallest absolute Gasteiger partial charge is 0.244 e. The molecule has 3 rings (SSSR count). The Morgan fingerprint density at radius 3 is 2.00 bits per heavy atom. The normalized spacial score (nSPS) is 15.8. The van der Waals surface area contributed by atoms with Crippen molar-refractivity contribution in [2.24, 2.45) is 0 Å². The van der Waals surface area contributed by atoms with Gasteiger partial charge in [-0.3, -0.25) is 0 Å². The van der Waals surface area contributed by atoms with E-state index in [-0.39, 0.29) is 41.5 Å². The maximum absolute atomic E-state index is 13.2. The number of piperazine rings is 1. The summed E-state index contributed by atoms with van der Waals surface area (Å²) in [7, 11) is -7.77. The first-order valence-electron chi connectivity index (χ1n) is 10.1. The first-order chi connectivity index (χ1) is 15.2. The summed E-state index contributed by atoms with van der Waals surface area (Å²) in [6, 6.07) is 12.3. The van der Waals surface area contributed by atoms with Gasteiger partial charge in [0.1, 0.15) is 6.07 Å². The summed E-state index contributed by atoms with van der Waals surface area (Å²) in [4.78, 5) is -0.0257. The molecule has 1 heterocycles. The lowest BCUT2D eigenvalue weighted by molar-refractivity contribution is 0.272. The Balaban J connectivity index is 1.80. The molecule has 0 aromatic heterocycles. The van der Waals surface area contributed by atoms with Crippen LogP contribution in [0.1, 0.15) is 19.4 Å². The van der Waals surface area contributed by atoms with Gasteiger partial charge in [-0.15, -0.1) is 0 Å². The fraction of sp³-hybridized carbons (Fsp3) is 0.381. The third-order valence-electron chi connectivity index (χ3n) is 4.98. The van der Waals surface area contributed by atoms with Crippen LogP contribution in [0, 0.1) is 11.3 Å². The molecule has 1 fully saturated rings. The minimum absolute atomic E-state index is 0.00648. The van der Waals surface area contributed by atoms with Crippen LogP contribution in [0.2, 0.25) is 0 Å². The number of nitriles is 1. The van der Waals surface area contributed by atoms with E-state index in [1.165, 1.54) is 32.9 Å². The first kappa shape index (κ1) is 24.0. The Morgan fingerprint density at radius 1 is 0.844 bits per heavy atom. The molecular formula is C21H25N3O6S2. The van der Waals surface area contributed by atoms with Crippen molar-refractivity contribution in [3.05, 3.63) is 48.0 Å². The lowest BCUT2D eigenvalue weighted by atomic mass is 10.2. The van der Waals surface area contributed by atoms with Gasteiger partial charge in [0.25, 0.3) is 0 Å². The van der Waals surface area contributed by atoms with Gasteiger partial charge in [0.2, 0.25) is 20.0 Å². The van der Waals surface area contributed by atoms with Gasteiger partial charge >= 0.3 is 0 Å². The maximum Gasteiger partial charge on any atom is 0.244 e. The Labute approximate surface area is 188 Å². The summed E-state index contributed by atoms with van der Waals surface area (Å²) in [5.41, 5.74) is 0.0559. The standard InChI is InChI=1S/C21H25N3O6S2/c1-3-29-19-10-9-18(15-20(19)30-4-2)31(25,26)23-11-13-24(14-12-23)32(27,28)21-8-6-5-7-17(21)16-22/h5-10,15H,3-4,11-14H2,1-2H3. The molecule has 2 aromatic carbocycles. The first-order valence-corrected chi connectivity index (χ1v) is 13.0. The van der Waals surface area contributed by atoms with Crippen LogP contribution in [0.15, 0.2) is 52.3 Å². The van der Waals surface area contributed by atoms with E-state index < -0.39 is 20.0 Å². The summed E-state index contributed by atoms with van der Waals surface area (Å²) in [6.07, 6.45) is 0. The van der Waals surface area contributed by atoms with Crippen LogP contribution >= 0.6 is 0 Å². The van der Waals surface area contributed by atoms with Crippen molar-refractivity contribution in [1.29, 1.82) is 5.26 Å². The van der Waals surface area contributed by atoms with Crippen molar-refractivity contribution in [2.45, 2.75) is 23.6 Å². The number of sulfonamides is 2. The molecule has 0 spiro atoms.